The Labute approximate surface area is 170 Å². The summed E-state index contributed by atoms with van der Waals surface area (Å²) in [5.74, 6) is 0.0666. The van der Waals surface area contributed by atoms with Gasteiger partial charge >= 0.3 is 0 Å². The predicted octanol–water partition coefficient (Wildman–Crippen LogP) is 5.47. The highest BCUT2D eigenvalue weighted by molar-refractivity contribution is 7.21. The van der Waals surface area contributed by atoms with Crippen LogP contribution < -0.4 is 5.32 Å². The third kappa shape index (κ3) is 3.96. The van der Waals surface area contributed by atoms with Crippen molar-refractivity contribution >= 4 is 33.1 Å². The van der Waals surface area contributed by atoms with Gasteiger partial charge in [0.15, 0.2) is 0 Å². The summed E-state index contributed by atoms with van der Waals surface area (Å²) in [6.07, 6.45) is 3.62. The third-order valence-electron chi connectivity index (χ3n) is 5.67. The molecule has 1 fully saturated rings. The maximum Gasteiger partial charge on any atom is 0.241 e. The van der Waals surface area contributed by atoms with Gasteiger partial charge in [0.25, 0.3) is 0 Å². The number of amides is 1. The number of hydrogen-bond donors (Lipinski definition) is 1. The average molecular weight is 394 g/mol. The third-order valence-corrected chi connectivity index (χ3v) is 6.74. The fourth-order valence-electron chi connectivity index (χ4n) is 3.94. The minimum Gasteiger partial charge on any atom is -0.325 e. The molecule has 1 amide bonds. The highest BCUT2D eigenvalue weighted by Gasteiger charge is 2.27. The second-order valence-electron chi connectivity index (χ2n) is 7.82. The number of hydrogen-bond acceptors (Lipinski definition) is 4. The van der Waals surface area contributed by atoms with Crippen molar-refractivity contribution in [2.24, 2.45) is 0 Å². The van der Waals surface area contributed by atoms with Crippen LogP contribution in [0.5, 0.6) is 0 Å². The quantitative estimate of drug-likeness (QED) is 0.639. The standard InChI is InChI=1S/C23H27N3OS/c1-15-7-12-20-21(14-15)28-23(25-20)18-8-10-19(11-9-18)24-22(27)17(3)26-13-5-4-6-16(26)2/h7-12,14,16-17H,4-6,13H2,1-3H3,(H,24,27). The van der Waals surface area contributed by atoms with Crippen LogP contribution in [0.1, 0.15) is 38.7 Å². The van der Waals surface area contributed by atoms with E-state index in [0.29, 0.717) is 6.04 Å². The van der Waals surface area contributed by atoms with E-state index in [0.717, 1.165) is 28.3 Å². The number of thiazole rings is 1. The molecule has 0 aliphatic carbocycles. The summed E-state index contributed by atoms with van der Waals surface area (Å²) in [6, 6.07) is 14.7. The molecule has 4 rings (SSSR count). The fraction of sp³-hybridized carbons (Fsp3) is 0.391. The number of likely N-dealkylation sites (tertiary alicyclic amines) is 1. The lowest BCUT2D eigenvalue weighted by molar-refractivity contribution is -0.122. The normalized spacial score (nSPS) is 18.9. The molecule has 2 unspecified atom stereocenters. The van der Waals surface area contributed by atoms with Crippen molar-refractivity contribution in [1.82, 2.24) is 9.88 Å². The maximum absolute atomic E-state index is 12.7. The first-order valence-corrected chi connectivity index (χ1v) is 10.9. The van der Waals surface area contributed by atoms with Gasteiger partial charge in [-0.25, -0.2) is 4.98 Å². The molecule has 146 valence electrons. The van der Waals surface area contributed by atoms with Gasteiger partial charge in [-0.1, -0.05) is 12.5 Å². The Morgan fingerprint density at radius 1 is 1.21 bits per heavy atom. The van der Waals surface area contributed by atoms with Crippen LogP contribution in [0.4, 0.5) is 5.69 Å². The first-order chi connectivity index (χ1) is 13.5. The Kier molecular flexibility index (Phi) is 5.47. The van der Waals surface area contributed by atoms with Crippen molar-refractivity contribution in [3.8, 4) is 10.6 Å². The van der Waals surface area contributed by atoms with Crippen LogP contribution in [0.2, 0.25) is 0 Å². The minimum atomic E-state index is -0.109. The molecule has 2 heterocycles. The van der Waals surface area contributed by atoms with E-state index < -0.39 is 0 Å². The van der Waals surface area contributed by atoms with Crippen LogP contribution in [0.15, 0.2) is 42.5 Å². The molecule has 28 heavy (non-hydrogen) atoms. The second kappa shape index (κ2) is 8.02. The van der Waals surface area contributed by atoms with E-state index in [9.17, 15) is 4.79 Å². The van der Waals surface area contributed by atoms with Crippen molar-refractivity contribution in [1.29, 1.82) is 0 Å². The van der Waals surface area contributed by atoms with Gasteiger partial charge in [-0.3, -0.25) is 9.69 Å². The molecule has 1 aromatic heterocycles. The molecule has 0 saturated carbocycles. The number of carbonyl (C=O) groups excluding carboxylic acids is 1. The molecular formula is C23H27N3OS. The summed E-state index contributed by atoms with van der Waals surface area (Å²) in [4.78, 5) is 19.8. The number of benzene rings is 2. The molecule has 2 atom stereocenters. The first-order valence-electron chi connectivity index (χ1n) is 10.1. The number of piperidine rings is 1. The number of aromatic nitrogens is 1. The molecule has 3 aromatic rings. The summed E-state index contributed by atoms with van der Waals surface area (Å²) in [7, 11) is 0. The molecule has 2 aromatic carbocycles. The van der Waals surface area contributed by atoms with E-state index in [1.165, 1.54) is 29.5 Å². The van der Waals surface area contributed by atoms with E-state index in [1.54, 1.807) is 11.3 Å². The SMILES string of the molecule is Cc1ccc2nc(-c3ccc(NC(=O)C(C)N4CCCCC4C)cc3)sc2c1. The summed E-state index contributed by atoms with van der Waals surface area (Å²) in [6.45, 7) is 7.33. The zero-order chi connectivity index (χ0) is 19.7. The van der Waals surface area contributed by atoms with Crippen molar-refractivity contribution in [3.63, 3.8) is 0 Å². The van der Waals surface area contributed by atoms with Crippen molar-refractivity contribution in [3.05, 3.63) is 48.0 Å². The highest BCUT2D eigenvalue weighted by atomic mass is 32.1. The number of nitrogens with zero attached hydrogens (tertiary/aromatic N) is 2. The van der Waals surface area contributed by atoms with Crippen LogP contribution in [-0.4, -0.2) is 34.4 Å². The monoisotopic (exact) mass is 393 g/mol. The van der Waals surface area contributed by atoms with Gasteiger partial charge in [0, 0.05) is 17.3 Å². The number of anilines is 1. The van der Waals surface area contributed by atoms with Gasteiger partial charge in [0.2, 0.25) is 5.91 Å². The van der Waals surface area contributed by atoms with E-state index in [4.69, 9.17) is 4.98 Å². The first kappa shape index (κ1) is 19.1. The van der Waals surface area contributed by atoms with E-state index in [1.807, 2.05) is 31.2 Å². The number of fused-ring (bicyclic) bond motifs is 1. The average Bonchev–Trinajstić information content (AvgIpc) is 3.11. The highest BCUT2D eigenvalue weighted by Crippen LogP contribution is 2.31. The summed E-state index contributed by atoms with van der Waals surface area (Å²) >= 11 is 1.70. The topological polar surface area (TPSA) is 45.2 Å². The summed E-state index contributed by atoms with van der Waals surface area (Å²) in [5.41, 5.74) is 4.20. The Balaban J connectivity index is 1.45. The molecule has 1 aliphatic rings. The number of carbonyl (C=O) groups is 1. The molecule has 1 saturated heterocycles. The van der Waals surface area contributed by atoms with Crippen molar-refractivity contribution in [2.45, 2.75) is 52.1 Å². The van der Waals surface area contributed by atoms with E-state index in [2.05, 4.69) is 42.3 Å². The Hall–Kier alpha value is -2.24. The molecule has 4 nitrogen and oxygen atoms in total. The maximum atomic E-state index is 12.7. The molecular weight excluding hydrogens is 366 g/mol. The lowest BCUT2D eigenvalue weighted by Crippen LogP contribution is -2.48. The van der Waals surface area contributed by atoms with Gasteiger partial charge in [-0.2, -0.15) is 0 Å². The van der Waals surface area contributed by atoms with E-state index in [-0.39, 0.29) is 11.9 Å². The largest absolute Gasteiger partial charge is 0.325 e. The Bertz CT molecular complexity index is 979. The molecule has 1 N–H and O–H groups in total. The molecule has 0 radical (unpaired) electrons. The van der Waals surface area contributed by atoms with Crippen molar-refractivity contribution < 1.29 is 4.79 Å². The van der Waals surface area contributed by atoms with Gasteiger partial charge in [-0.15, -0.1) is 11.3 Å². The fourth-order valence-corrected chi connectivity index (χ4v) is 5.01. The van der Waals surface area contributed by atoms with Crippen LogP contribution in [0.25, 0.3) is 20.8 Å². The lowest BCUT2D eigenvalue weighted by Gasteiger charge is -2.37. The molecule has 0 bridgehead atoms. The number of rotatable bonds is 4. The number of aryl methyl sites for hydroxylation is 1. The summed E-state index contributed by atoms with van der Waals surface area (Å²) in [5, 5.41) is 4.08. The Morgan fingerprint density at radius 3 is 2.75 bits per heavy atom. The lowest BCUT2D eigenvalue weighted by atomic mass is 10.0. The minimum absolute atomic E-state index is 0.0666. The number of nitrogens with one attached hydrogen (secondary N) is 1. The molecule has 1 aliphatic heterocycles. The van der Waals surface area contributed by atoms with Crippen LogP contribution >= 0.6 is 11.3 Å². The molecule has 5 heteroatoms. The molecule has 0 spiro atoms. The van der Waals surface area contributed by atoms with Gasteiger partial charge < -0.3 is 5.32 Å². The Morgan fingerprint density at radius 2 is 2.00 bits per heavy atom. The van der Waals surface area contributed by atoms with Crippen molar-refractivity contribution in [2.75, 3.05) is 11.9 Å². The second-order valence-corrected chi connectivity index (χ2v) is 8.85. The zero-order valence-corrected chi connectivity index (χ0v) is 17.6. The van der Waals surface area contributed by atoms with Gasteiger partial charge in [0.05, 0.1) is 16.3 Å². The van der Waals surface area contributed by atoms with Gasteiger partial charge in [-0.05, 0) is 82.1 Å². The van der Waals surface area contributed by atoms with Crippen LogP contribution in [0, 0.1) is 6.92 Å². The zero-order valence-electron chi connectivity index (χ0n) is 16.7. The van der Waals surface area contributed by atoms with Crippen LogP contribution in [-0.2, 0) is 4.79 Å². The van der Waals surface area contributed by atoms with E-state index >= 15 is 0 Å². The van der Waals surface area contributed by atoms with Crippen LogP contribution in [0.3, 0.4) is 0 Å². The predicted molar refractivity (Wildman–Crippen MR) is 118 cm³/mol. The van der Waals surface area contributed by atoms with Gasteiger partial charge in [0.1, 0.15) is 5.01 Å². The summed E-state index contributed by atoms with van der Waals surface area (Å²) < 4.78 is 1.21. The smallest absolute Gasteiger partial charge is 0.241 e.